The lowest BCUT2D eigenvalue weighted by atomic mass is 10.1. The molecule has 0 amide bonds. The van der Waals surface area contributed by atoms with Crippen LogP contribution in [0.4, 0.5) is 0 Å². The van der Waals surface area contributed by atoms with Crippen molar-refractivity contribution in [3.63, 3.8) is 0 Å². The molecule has 2 nitrogen and oxygen atoms in total. The largest absolute Gasteiger partial charge is 0.491 e. The molecule has 0 aliphatic carbocycles. The molecule has 0 fully saturated rings. The molecule has 0 aromatic heterocycles. The third kappa shape index (κ3) is 1.46. The summed E-state index contributed by atoms with van der Waals surface area (Å²) in [7, 11) is 1.96. The minimum atomic E-state index is 0.339. The van der Waals surface area contributed by atoms with Gasteiger partial charge in [0, 0.05) is 10.0 Å². The number of hydrogen-bond donors (Lipinski definition) is 1. The maximum atomic E-state index is 5.60. The summed E-state index contributed by atoms with van der Waals surface area (Å²) >= 11 is 3.49. The van der Waals surface area contributed by atoms with Gasteiger partial charge in [-0.3, -0.25) is 0 Å². The Morgan fingerprint density at radius 2 is 2.31 bits per heavy atom. The third-order valence-corrected chi connectivity index (χ3v) is 2.84. The highest BCUT2D eigenvalue weighted by Gasteiger charge is 2.24. The smallest absolute Gasteiger partial charge is 0.127 e. The quantitative estimate of drug-likeness (QED) is 0.816. The van der Waals surface area contributed by atoms with Crippen molar-refractivity contribution in [1.82, 2.24) is 5.32 Å². The maximum absolute atomic E-state index is 5.60. The topological polar surface area (TPSA) is 21.3 Å². The fourth-order valence-corrected chi connectivity index (χ4v) is 2.30. The number of benzene rings is 1. The SMILES string of the molecule is CNC1COc2c(C)cc(Br)cc21. The summed E-state index contributed by atoms with van der Waals surface area (Å²) in [6.45, 7) is 2.81. The summed E-state index contributed by atoms with van der Waals surface area (Å²) in [6.07, 6.45) is 0. The first-order valence-corrected chi connectivity index (χ1v) is 5.12. The highest BCUT2D eigenvalue weighted by molar-refractivity contribution is 9.10. The van der Waals surface area contributed by atoms with Crippen molar-refractivity contribution < 1.29 is 4.74 Å². The van der Waals surface area contributed by atoms with Crippen LogP contribution in [-0.4, -0.2) is 13.7 Å². The molecule has 0 saturated carbocycles. The van der Waals surface area contributed by atoms with Crippen molar-refractivity contribution in [1.29, 1.82) is 0 Å². The van der Waals surface area contributed by atoms with Crippen molar-refractivity contribution in [2.75, 3.05) is 13.7 Å². The van der Waals surface area contributed by atoms with Gasteiger partial charge in [-0.15, -0.1) is 0 Å². The molecular weight excluding hydrogens is 230 g/mol. The molecule has 1 atom stereocenters. The number of hydrogen-bond acceptors (Lipinski definition) is 2. The van der Waals surface area contributed by atoms with Gasteiger partial charge in [0.05, 0.1) is 6.04 Å². The van der Waals surface area contributed by atoms with E-state index in [0.29, 0.717) is 6.04 Å². The van der Waals surface area contributed by atoms with E-state index in [1.807, 2.05) is 7.05 Å². The van der Waals surface area contributed by atoms with Gasteiger partial charge >= 0.3 is 0 Å². The van der Waals surface area contributed by atoms with E-state index in [-0.39, 0.29) is 0 Å². The van der Waals surface area contributed by atoms with Gasteiger partial charge in [-0.25, -0.2) is 0 Å². The molecule has 1 aliphatic heterocycles. The highest BCUT2D eigenvalue weighted by Crippen LogP contribution is 2.37. The Morgan fingerprint density at radius 3 is 3.00 bits per heavy atom. The number of aryl methyl sites for hydroxylation is 1. The van der Waals surface area contributed by atoms with Crippen molar-refractivity contribution in [3.8, 4) is 5.75 Å². The first-order chi connectivity index (χ1) is 6.22. The van der Waals surface area contributed by atoms with Crippen molar-refractivity contribution in [3.05, 3.63) is 27.7 Å². The van der Waals surface area contributed by atoms with Gasteiger partial charge < -0.3 is 10.1 Å². The zero-order chi connectivity index (χ0) is 9.42. The zero-order valence-corrected chi connectivity index (χ0v) is 9.31. The van der Waals surface area contributed by atoms with Gasteiger partial charge in [-0.1, -0.05) is 15.9 Å². The monoisotopic (exact) mass is 241 g/mol. The van der Waals surface area contributed by atoms with Crippen LogP contribution in [0, 0.1) is 6.92 Å². The lowest BCUT2D eigenvalue weighted by Gasteiger charge is -2.07. The number of halogens is 1. The fraction of sp³-hybridized carbons (Fsp3) is 0.400. The van der Waals surface area contributed by atoms with Gasteiger partial charge in [0.15, 0.2) is 0 Å². The van der Waals surface area contributed by atoms with Crippen LogP contribution < -0.4 is 10.1 Å². The lowest BCUT2D eigenvalue weighted by molar-refractivity contribution is 0.316. The van der Waals surface area contributed by atoms with E-state index in [0.717, 1.165) is 16.8 Å². The van der Waals surface area contributed by atoms with Crippen LogP contribution in [0.1, 0.15) is 17.2 Å². The van der Waals surface area contributed by atoms with Crippen LogP contribution in [0.5, 0.6) is 5.75 Å². The van der Waals surface area contributed by atoms with E-state index in [2.05, 4.69) is 40.3 Å². The Bertz CT molecular complexity index is 338. The van der Waals surface area contributed by atoms with Crippen molar-refractivity contribution in [2.24, 2.45) is 0 Å². The molecule has 0 radical (unpaired) electrons. The number of fused-ring (bicyclic) bond motifs is 1. The van der Waals surface area contributed by atoms with Crippen LogP contribution in [0.2, 0.25) is 0 Å². The fourth-order valence-electron chi connectivity index (χ4n) is 1.71. The van der Waals surface area contributed by atoms with Crippen LogP contribution >= 0.6 is 15.9 Å². The molecule has 3 heteroatoms. The molecule has 1 aromatic rings. The molecule has 1 aliphatic rings. The molecule has 1 unspecified atom stereocenters. The first-order valence-electron chi connectivity index (χ1n) is 4.32. The second kappa shape index (κ2) is 3.31. The average Bonchev–Trinajstić information content (AvgIpc) is 2.47. The minimum absolute atomic E-state index is 0.339. The second-order valence-corrected chi connectivity index (χ2v) is 4.21. The molecule has 1 N–H and O–H groups in total. The number of nitrogens with one attached hydrogen (secondary N) is 1. The Morgan fingerprint density at radius 1 is 1.54 bits per heavy atom. The van der Waals surface area contributed by atoms with E-state index in [1.54, 1.807) is 0 Å². The summed E-state index contributed by atoms with van der Waals surface area (Å²) < 4.78 is 6.72. The van der Waals surface area contributed by atoms with E-state index >= 15 is 0 Å². The average molecular weight is 242 g/mol. The molecule has 2 rings (SSSR count). The van der Waals surface area contributed by atoms with Crippen LogP contribution in [0.15, 0.2) is 16.6 Å². The number of rotatable bonds is 1. The molecule has 1 heterocycles. The molecule has 70 valence electrons. The molecular formula is C10H12BrNO. The Hall–Kier alpha value is -0.540. The molecule has 0 spiro atoms. The van der Waals surface area contributed by atoms with Gasteiger partial charge in [-0.05, 0) is 31.7 Å². The van der Waals surface area contributed by atoms with Gasteiger partial charge in [0.2, 0.25) is 0 Å². The van der Waals surface area contributed by atoms with Crippen molar-refractivity contribution >= 4 is 15.9 Å². The summed E-state index contributed by atoms with van der Waals surface area (Å²) in [6, 6.07) is 4.54. The molecule has 13 heavy (non-hydrogen) atoms. The van der Waals surface area contributed by atoms with Gasteiger partial charge in [0.25, 0.3) is 0 Å². The summed E-state index contributed by atoms with van der Waals surface area (Å²) in [5, 5.41) is 3.23. The predicted octanol–water partition coefficient (Wildman–Crippen LogP) is 2.41. The van der Waals surface area contributed by atoms with E-state index in [4.69, 9.17) is 4.74 Å². The predicted molar refractivity (Wildman–Crippen MR) is 56.2 cm³/mol. The minimum Gasteiger partial charge on any atom is -0.491 e. The van der Waals surface area contributed by atoms with E-state index in [9.17, 15) is 0 Å². The number of likely N-dealkylation sites (N-methyl/N-ethyl adjacent to an activating group) is 1. The van der Waals surface area contributed by atoms with E-state index < -0.39 is 0 Å². The highest BCUT2D eigenvalue weighted by atomic mass is 79.9. The Kier molecular flexibility index (Phi) is 2.30. The van der Waals surface area contributed by atoms with Gasteiger partial charge in [-0.2, -0.15) is 0 Å². The Balaban J connectivity index is 2.51. The Labute approximate surface area is 86.4 Å². The first kappa shape index (κ1) is 9.03. The molecule has 0 bridgehead atoms. The molecule has 1 aromatic carbocycles. The zero-order valence-electron chi connectivity index (χ0n) is 7.73. The summed E-state index contributed by atoms with van der Waals surface area (Å²) in [4.78, 5) is 0. The van der Waals surface area contributed by atoms with Crippen LogP contribution in [0.3, 0.4) is 0 Å². The lowest BCUT2D eigenvalue weighted by Crippen LogP contribution is -2.17. The maximum Gasteiger partial charge on any atom is 0.127 e. The number of ether oxygens (including phenoxy) is 1. The standard InChI is InChI=1S/C10H12BrNO/c1-6-3-7(11)4-8-9(12-2)5-13-10(6)8/h3-4,9,12H,5H2,1-2H3. The second-order valence-electron chi connectivity index (χ2n) is 3.29. The van der Waals surface area contributed by atoms with E-state index in [1.165, 1.54) is 11.1 Å². The summed E-state index contributed by atoms with van der Waals surface area (Å²) in [5.41, 5.74) is 2.46. The summed E-state index contributed by atoms with van der Waals surface area (Å²) in [5.74, 6) is 1.04. The molecule has 0 saturated heterocycles. The van der Waals surface area contributed by atoms with Crippen LogP contribution in [-0.2, 0) is 0 Å². The van der Waals surface area contributed by atoms with Crippen LogP contribution in [0.25, 0.3) is 0 Å². The van der Waals surface area contributed by atoms with Crippen molar-refractivity contribution in [2.45, 2.75) is 13.0 Å². The normalized spacial score (nSPS) is 19.8. The van der Waals surface area contributed by atoms with Gasteiger partial charge in [0.1, 0.15) is 12.4 Å². The third-order valence-electron chi connectivity index (χ3n) is 2.39.